The minimum atomic E-state index is 0.402. The first-order valence-corrected chi connectivity index (χ1v) is 10.3. The van der Waals surface area contributed by atoms with Crippen LogP contribution in [-0.4, -0.2) is 13.3 Å². The van der Waals surface area contributed by atoms with E-state index < -0.39 is 0 Å². The van der Waals surface area contributed by atoms with Gasteiger partial charge >= 0.3 is 0 Å². The van der Waals surface area contributed by atoms with E-state index in [1.807, 2.05) is 60.7 Å². The Morgan fingerprint density at radius 1 is 0.906 bits per heavy atom. The van der Waals surface area contributed by atoms with Crippen LogP contribution in [0.3, 0.4) is 0 Å². The van der Waals surface area contributed by atoms with E-state index in [9.17, 15) is 0 Å². The van der Waals surface area contributed by atoms with Gasteiger partial charge in [0, 0.05) is 11.1 Å². The molecule has 0 atom stereocenters. The number of hydrazone groups is 1. The fourth-order valence-electron chi connectivity index (χ4n) is 3.46. The lowest BCUT2D eigenvalue weighted by Gasteiger charge is -2.12. The van der Waals surface area contributed by atoms with Crippen molar-refractivity contribution in [2.24, 2.45) is 5.10 Å². The zero-order valence-corrected chi connectivity index (χ0v) is 17.8. The molecule has 0 aliphatic carbocycles. The van der Waals surface area contributed by atoms with Crippen LogP contribution in [0, 0.1) is 11.3 Å². The second-order valence-electron chi connectivity index (χ2n) is 7.20. The molecule has 1 N–H and O–H groups in total. The van der Waals surface area contributed by atoms with Gasteiger partial charge in [0.15, 0.2) is 0 Å². The summed E-state index contributed by atoms with van der Waals surface area (Å²) in [6.07, 6.45) is 1.80. The quantitative estimate of drug-likeness (QED) is 0.305. The summed E-state index contributed by atoms with van der Waals surface area (Å²) in [5.41, 5.74) is 6.67. The fourth-order valence-corrected chi connectivity index (χ4v) is 3.46. The van der Waals surface area contributed by atoms with E-state index in [2.05, 4.69) is 28.7 Å². The molecule has 0 fully saturated rings. The molecule has 0 spiro atoms. The Hall–Kier alpha value is -4.30. The van der Waals surface area contributed by atoms with Crippen molar-refractivity contribution in [3.8, 4) is 17.6 Å². The molecule has 0 bridgehead atoms. The lowest BCUT2D eigenvalue weighted by Crippen LogP contribution is -2.07. The number of rotatable bonds is 8. The first kappa shape index (κ1) is 21.0. The van der Waals surface area contributed by atoms with E-state index in [-0.39, 0.29) is 0 Å². The Bertz CT molecular complexity index is 1270. The molecule has 4 rings (SSSR count). The SMILES string of the molecule is COc1ccccc1CN/N=C/c1c(OCc2ccc(C#N)cc2)ccc2ccccc12. The molecule has 0 heterocycles. The third-order valence-corrected chi connectivity index (χ3v) is 5.16. The predicted octanol–water partition coefficient (Wildman–Crippen LogP) is 5.42. The van der Waals surface area contributed by atoms with Gasteiger partial charge in [-0.1, -0.05) is 60.7 Å². The van der Waals surface area contributed by atoms with Crippen molar-refractivity contribution in [3.05, 3.63) is 107 Å². The molecule has 4 aromatic carbocycles. The maximum absolute atomic E-state index is 8.97. The zero-order valence-electron chi connectivity index (χ0n) is 17.8. The molecule has 0 amide bonds. The number of hydrogen-bond acceptors (Lipinski definition) is 5. The van der Waals surface area contributed by atoms with Crippen LogP contribution in [0.4, 0.5) is 0 Å². The van der Waals surface area contributed by atoms with Crippen molar-refractivity contribution in [1.82, 2.24) is 5.43 Å². The summed E-state index contributed by atoms with van der Waals surface area (Å²) in [6, 6.07) is 29.5. The molecule has 5 heteroatoms. The number of nitrogens with one attached hydrogen (secondary N) is 1. The summed E-state index contributed by atoms with van der Waals surface area (Å²) in [4.78, 5) is 0. The highest BCUT2D eigenvalue weighted by molar-refractivity contribution is 6.02. The van der Waals surface area contributed by atoms with Gasteiger partial charge in [-0.2, -0.15) is 10.4 Å². The number of hydrogen-bond donors (Lipinski definition) is 1. The molecule has 0 aliphatic rings. The Kier molecular flexibility index (Phi) is 6.64. The molecule has 4 aromatic rings. The van der Waals surface area contributed by atoms with E-state index >= 15 is 0 Å². The summed E-state index contributed by atoms with van der Waals surface area (Å²) in [5.74, 6) is 1.57. The molecule has 0 saturated carbocycles. The first-order valence-electron chi connectivity index (χ1n) is 10.3. The van der Waals surface area contributed by atoms with E-state index in [0.29, 0.717) is 18.7 Å². The molecule has 158 valence electrons. The van der Waals surface area contributed by atoms with Gasteiger partial charge in [0.1, 0.15) is 18.1 Å². The van der Waals surface area contributed by atoms with Gasteiger partial charge in [-0.25, -0.2) is 0 Å². The molecule has 0 radical (unpaired) electrons. The van der Waals surface area contributed by atoms with Crippen LogP contribution in [0.15, 0.2) is 90.0 Å². The van der Waals surface area contributed by atoms with Crippen LogP contribution in [0.5, 0.6) is 11.5 Å². The lowest BCUT2D eigenvalue weighted by atomic mass is 10.0. The Morgan fingerprint density at radius 3 is 2.50 bits per heavy atom. The number of fused-ring (bicyclic) bond motifs is 1. The number of nitriles is 1. The van der Waals surface area contributed by atoms with Gasteiger partial charge in [-0.05, 0) is 40.6 Å². The van der Waals surface area contributed by atoms with Crippen molar-refractivity contribution < 1.29 is 9.47 Å². The fraction of sp³-hybridized carbons (Fsp3) is 0.111. The average molecular weight is 422 g/mol. The van der Waals surface area contributed by atoms with E-state index in [4.69, 9.17) is 14.7 Å². The van der Waals surface area contributed by atoms with E-state index in [0.717, 1.165) is 39.0 Å². The van der Waals surface area contributed by atoms with Crippen LogP contribution in [0.1, 0.15) is 22.3 Å². The van der Waals surface area contributed by atoms with Gasteiger partial charge in [0.25, 0.3) is 0 Å². The molecular formula is C27H23N3O2. The van der Waals surface area contributed by atoms with Gasteiger partial charge < -0.3 is 14.9 Å². The lowest BCUT2D eigenvalue weighted by molar-refractivity contribution is 0.306. The maximum Gasteiger partial charge on any atom is 0.129 e. The summed E-state index contributed by atoms with van der Waals surface area (Å²) < 4.78 is 11.5. The van der Waals surface area contributed by atoms with Crippen molar-refractivity contribution >= 4 is 17.0 Å². The Labute approximate surface area is 187 Å². The minimum Gasteiger partial charge on any atom is -0.496 e. The van der Waals surface area contributed by atoms with Crippen molar-refractivity contribution in [2.45, 2.75) is 13.2 Å². The summed E-state index contributed by atoms with van der Waals surface area (Å²) in [6.45, 7) is 0.951. The molecule has 0 saturated heterocycles. The third kappa shape index (κ3) is 4.88. The molecular weight excluding hydrogens is 398 g/mol. The molecule has 0 unspecified atom stereocenters. The van der Waals surface area contributed by atoms with Gasteiger partial charge in [0.05, 0.1) is 31.5 Å². The predicted molar refractivity (Wildman–Crippen MR) is 127 cm³/mol. The number of nitrogens with zero attached hydrogens (tertiary/aromatic N) is 2. The highest BCUT2D eigenvalue weighted by Crippen LogP contribution is 2.27. The van der Waals surface area contributed by atoms with Crippen LogP contribution in [-0.2, 0) is 13.2 Å². The number of para-hydroxylation sites is 1. The van der Waals surface area contributed by atoms with Gasteiger partial charge in [-0.15, -0.1) is 0 Å². The Balaban J connectivity index is 1.54. The maximum atomic E-state index is 8.97. The molecule has 5 nitrogen and oxygen atoms in total. The minimum absolute atomic E-state index is 0.402. The van der Waals surface area contributed by atoms with Crippen LogP contribution < -0.4 is 14.9 Å². The van der Waals surface area contributed by atoms with Crippen molar-refractivity contribution in [2.75, 3.05) is 7.11 Å². The summed E-state index contributed by atoms with van der Waals surface area (Å²) in [7, 11) is 1.66. The molecule has 0 aliphatic heterocycles. The van der Waals surface area contributed by atoms with Crippen LogP contribution in [0.2, 0.25) is 0 Å². The van der Waals surface area contributed by atoms with Crippen LogP contribution in [0.25, 0.3) is 10.8 Å². The third-order valence-electron chi connectivity index (χ3n) is 5.16. The first-order chi connectivity index (χ1) is 15.8. The highest BCUT2D eigenvalue weighted by atomic mass is 16.5. The zero-order chi connectivity index (χ0) is 22.2. The largest absolute Gasteiger partial charge is 0.496 e. The van der Waals surface area contributed by atoms with Crippen LogP contribution >= 0.6 is 0 Å². The highest BCUT2D eigenvalue weighted by Gasteiger charge is 2.08. The molecule has 0 aromatic heterocycles. The second-order valence-corrected chi connectivity index (χ2v) is 7.20. The van der Waals surface area contributed by atoms with Crippen molar-refractivity contribution in [1.29, 1.82) is 5.26 Å². The van der Waals surface area contributed by atoms with Gasteiger partial charge in [0.2, 0.25) is 0 Å². The Morgan fingerprint density at radius 2 is 1.69 bits per heavy atom. The van der Waals surface area contributed by atoms with Crippen molar-refractivity contribution in [3.63, 3.8) is 0 Å². The standard InChI is InChI=1S/C27H23N3O2/c1-31-26-9-5-3-7-23(26)17-29-30-18-25-24-8-4-2-6-22(24)14-15-27(25)32-19-21-12-10-20(16-28)11-13-21/h2-15,18,29H,17,19H2,1H3/b30-18+. The average Bonchev–Trinajstić information content (AvgIpc) is 2.86. The topological polar surface area (TPSA) is 66.6 Å². The number of ether oxygens (including phenoxy) is 2. The number of methoxy groups -OCH3 is 1. The second kappa shape index (κ2) is 10.1. The van der Waals surface area contributed by atoms with E-state index in [1.54, 1.807) is 25.5 Å². The monoisotopic (exact) mass is 421 g/mol. The molecule has 32 heavy (non-hydrogen) atoms. The smallest absolute Gasteiger partial charge is 0.129 e. The summed E-state index contributed by atoms with van der Waals surface area (Å²) >= 11 is 0. The van der Waals surface area contributed by atoms with Gasteiger partial charge in [-0.3, -0.25) is 0 Å². The van der Waals surface area contributed by atoms with E-state index in [1.165, 1.54) is 0 Å². The normalized spacial score (nSPS) is 10.8. The summed E-state index contributed by atoms with van der Waals surface area (Å²) in [5, 5.41) is 15.6. The number of benzene rings is 4.